The second-order valence-corrected chi connectivity index (χ2v) is 4.81. The van der Waals surface area contributed by atoms with Gasteiger partial charge in [0.25, 0.3) is 0 Å². The monoisotopic (exact) mass is 249 g/mol. The van der Waals surface area contributed by atoms with Crippen LogP contribution in [-0.2, 0) is 13.0 Å². The van der Waals surface area contributed by atoms with E-state index in [2.05, 4.69) is 44.8 Å². The molecule has 0 aliphatic carbocycles. The first-order valence-electron chi connectivity index (χ1n) is 6.33. The van der Waals surface area contributed by atoms with Crippen molar-refractivity contribution >= 4 is 0 Å². The summed E-state index contributed by atoms with van der Waals surface area (Å²) < 4.78 is 1.78. The van der Waals surface area contributed by atoms with E-state index < -0.39 is 0 Å². The first-order valence-corrected chi connectivity index (χ1v) is 6.33. The van der Waals surface area contributed by atoms with Crippen molar-refractivity contribution in [3.05, 3.63) is 18.2 Å². The molecular formula is C11H19N7. The van der Waals surface area contributed by atoms with Crippen molar-refractivity contribution in [2.24, 2.45) is 11.8 Å². The Morgan fingerprint density at radius 1 is 1.44 bits per heavy atom. The summed E-state index contributed by atoms with van der Waals surface area (Å²) in [6.45, 7) is 5.31. The third kappa shape index (κ3) is 3.61. The SMILES string of the molecule is CCC(C)CC(Cc1cn[nH]n1)Cn1cnnn1. The number of rotatable bonds is 7. The van der Waals surface area contributed by atoms with Crippen molar-refractivity contribution in [1.29, 1.82) is 0 Å². The molecule has 2 unspecified atom stereocenters. The van der Waals surface area contributed by atoms with Gasteiger partial charge in [-0.3, -0.25) is 0 Å². The minimum Gasteiger partial charge on any atom is -0.232 e. The molecule has 0 spiro atoms. The standard InChI is InChI=1S/C11H19N7/c1-3-9(2)4-10(5-11-6-12-15-14-11)7-18-8-13-16-17-18/h6,8-10H,3-5,7H2,1-2H3,(H,12,14,15). The van der Waals surface area contributed by atoms with Crippen molar-refractivity contribution < 1.29 is 0 Å². The molecule has 18 heavy (non-hydrogen) atoms. The van der Waals surface area contributed by atoms with Gasteiger partial charge in [0.15, 0.2) is 0 Å². The molecule has 0 aromatic carbocycles. The number of aromatic amines is 1. The maximum atomic E-state index is 4.12. The zero-order chi connectivity index (χ0) is 12.8. The van der Waals surface area contributed by atoms with Gasteiger partial charge in [-0.1, -0.05) is 20.3 Å². The molecule has 1 N–H and O–H groups in total. The van der Waals surface area contributed by atoms with E-state index in [1.165, 1.54) is 6.42 Å². The van der Waals surface area contributed by atoms with Gasteiger partial charge < -0.3 is 0 Å². The molecule has 7 heteroatoms. The molecule has 0 radical (unpaired) electrons. The van der Waals surface area contributed by atoms with Crippen LogP contribution in [0.25, 0.3) is 0 Å². The molecule has 0 aliphatic heterocycles. The Balaban J connectivity index is 1.97. The van der Waals surface area contributed by atoms with E-state index in [0.29, 0.717) is 11.8 Å². The normalized spacial score (nSPS) is 14.6. The van der Waals surface area contributed by atoms with Gasteiger partial charge in [-0.15, -0.1) is 5.10 Å². The topological polar surface area (TPSA) is 85.2 Å². The third-order valence-corrected chi connectivity index (χ3v) is 3.23. The van der Waals surface area contributed by atoms with Crippen LogP contribution in [0.2, 0.25) is 0 Å². The van der Waals surface area contributed by atoms with E-state index in [1.807, 2.05) is 0 Å². The summed E-state index contributed by atoms with van der Waals surface area (Å²) in [5, 5.41) is 21.9. The van der Waals surface area contributed by atoms with E-state index in [0.717, 1.165) is 25.1 Å². The molecule has 98 valence electrons. The third-order valence-electron chi connectivity index (χ3n) is 3.23. The van der Waals surface area contributed by atoms with Crippen molar-refractivity contribution in [2.45, 2.75) is 39.7 Å². The minimum atomic E-state index is 0.480. The maximum Gasteiger partial charge on any atom is 0.138 e. The van der Waals surface area contributed by atoms with Crippen LogP contribution < -0.4 is 0 Å². The fourth-order valence-electron chi connectivity index (χ4n) is 2.11. The Hall–Kier alpha value is -1.79. The largest absolute Gasteiger partial charge is 0.232 e. The first kappa shape index (κ1) is 12.7. The number of hydrogen-bond acceptors (Lipinski definition) is 5. The molecule has 0 saturated heterocycles. The second kappa shape index (κ2) is 6.23. The summed E-state index contributed by atoms with van der Waals surface area (Å²) in [4.78, 5) is 0. The Bertz CT molecular complexity index is 386. The van der Waals surface area contributed by atoms with E-state index in [1.54, 1.807) is 17.2 Å². The van der Waals surface area contributed by atoms with Gasteiger partial charge in [-0.2, -0.15) is 15.4 Å². The number of H-pyrrole nitrogens is 1. The molecule has 0 fully saturated rings. The summed E-state index contributed by atoms with van der Waals surface area (Å²) in [6, 6.07) is 0. The molecular weight excluding hydrogens is 230 g/mol. The summed E-state index contributed by atoms with van der Waals surface area (Å²) >= 11 is 0. The average Bonchev–Trinajstić information content (AvgIpc) is 3.02. The Morgan fingerprint density at radius 3 is 2.94 bits per heavy atom. The quantitative estimate of drug-likeness (QED) is 0.793. The second-order valence-electron chi connectivity index (χ2n) is 4.81. The van der Waals surface area contributed by atoms with Crippen LogP contribution in [0.5, 0.6) is 0 Å². The molecule has 2 heterocycles. The molecule has 7 nitrogen and oxygen atoms in total. The number of nitrogens with one attached hydrogen (secondary N) is 1. The Kier molecular flexibility index (Phi) is 4.38. The molecule has 0 bridgehead atoms. The fraction of sp³-hybridized carbons (Fsp3) is 0.727. The van der Waals surface area contributed by atoms with Gasteiger partial charge in [0.05, 0.1) is 11.9 Å². The maximum absolute atomic E-state index is 4.12. The van der Waals surface area contributed by atoms with Gasteiger partial charge >= 0.3 is 0 Å². The lowest BCUT2D eigenvalue weighted by atomic mass is 9.90. The Labute approximate surface area is 106 Å². The summed E-state index contributed by atoms with van der Waals surface area (Å²) in [7, 11) is 0. The van der Waals surface area contributed by atoms with Gasteiger partial charge in [0, 0.05) is 6.54 Å². The lowest BCUT2D eigenvalue weighted by Gasteiger charge is -2.18. The highest BCUT2D eigenvalue weighted by molar-refractivity contribution is 4.92. The van der Waals surface area contributed by atoms with Crippen LogP contribution >= 0.6 is 0 Å². The number of nitrogens with zero attached hydrogens (tertiary/aromatic N) is 6. The number of aromatic nitrogens is 7. The van der Waals surface area contributed by atoms with E-state index >= 15 is 0 Å². The van der Waals surface area contributed by atoms with Crippen molar-refractivity contribution in [1.82, 2.24) is 35.6 Å². The lowest BCUT2D eigenvalue weighted by Crippen LogP contribution is -2.17. The summed E-state index contributed by atoms with van der Waals surface area (Å²) in [5.41, 5.74) is 0.997. The van der Waals surface area contributed by atoms with E-state index in [-0.39, 0.29) is 0 Å². The molecule has 2 rings (SSSR count). The minimum absolute atomic E-state index is 0.480. The van der Waals surface area contributed by atoms with Crippen LogP contribution in [-0.4, -0.2) is 35.6 Å². The first-order chi connectivity index (χ1) is 8.78. The van der Waals surface area contributed by atoms with Crippen LogP contribution in [0, 0.1) is 11.8 Å². The summed E-state index contributed by atoms with van der Waals surface area (Å²) in [6.07, 6.45) is 6.67. The van der Waals surface area contributed by atoms with Crippen molar-refractivity contribution in [2.75, 3.05) is 0 Å². The molecule has 0 aliphatic rings. The average molecular weight is 249 g/mol. The molecule has 0 saturated carbocycles. The molecule has 2 aromatic heterocycles. The molecule has 2 aromatic rings. The predicted molar refractivity (Wildman–Crippen MR) is 65.5 cm³/mol. The zero-order valence-electron chi connectivity index (χ0n) is 10.8. The van der Waals surface area contributed by atoms with Crippen molar-refractivity contribution in [3.63, 3.8) is 0 Å². The fourth-order valence-corrected chi connectivity index (χ4v) is 2.11. The van der Waals surface area contributed by atoms with Crippen LogP contribution in [0.1, 0.15) is 32.4 Å². The van der Waals surface area contributed by atoms with Gasteiger partial charge in [-0.05, 0) is 35.1 Å². The Morgan fingerprint density at radius 2 is 2.33 bits per heavy atom. The van der Waals surface area contributed by atoms with Gasteiger partial charge in [0.2, 0.25) is 0 Å². The molecule has 0 amide bonds. The number of tetrazole rings is 1. The smallest absolute Gasteiger partial charge is 0.138 e. The van der Waals surface area contributed by atoms with Crippen LogP contribution in [0.15, 0.2) is 12.5 Å². The van der Waals surface area contributed by atoms with E-state index in [9.17, 15) is 0 Å². The van der Waals surface area contributed by atoms with E-state index in [4.69, 9.17) is 0 Å². The van der Waals surface area contributed by atoms with Crippen molar-refractivity contribution in [3.8, 4) is 0 Å². The number of hydrogen-bond donors (Lipinski definition) is 1. The van der Waals surface area contributed by atoms with Crippen LogP contribution in [0.3, 0.4) is 0 Å². The molecule has 2 atom stereocenters. The van der Waals surface area contributed by atoms with Gasteiger partial charge in [0.1, 0.15) is 6.33 Å². The highest BCUT2D eigenvalue weighted by atomic mass is 15.5. The highest BCUT2D eigenvalue weighted by Gasteiger charge is 2.16. The highest BCUT2D eigenvalue weighted by Crippen LogP contribution is 2.19. The predicted octanol–water partition coefficient (Wildman–Crippen LogP) is 1.09. The lowest BCUT2D eigenvalue weighted by molar-refractivity contribution is 0.324. The summed E-state index contributed by atoms with van der Waals surface area (Å²) in [5.74, 6) is 1.17. The van der Waals surface area contributed by atoms with Crippen LogP contribution in [0.4, 0.5) is 0 Å². The van der Waals surface area contributed by atoms with Gasteiger partial charge in [-0.25, -0.2) is 4.68 Å². The zero-order valence-corrected chi connectivity index (χ0v) is 10.8.